The highest BCUT2D eigenvalue weighted by Crippen LogP contribution is 2.31. The van der Waals surface area contributed by atoms with Crippen LogP contribution in [0.1, 0.15) is 5.82 Å². The number of hydrogen-bond donors (Lipinski definition) is 0. The van der Waals surface area contributed by atoms with Gasteiger partial charge in [-0.1, -0.05) is 23.4 Å². The molecule has 1 saturated heterocycles. The van der Waals surface area contributed by atoms with Crippen LogP contribution in [0, 0.1) is 0 Å². The van der Waals surface area contributed by atoms with Crippen LogP contribution in [-0.4, -0.2) is 55.4 Å². The van der Waals surface area contributed by atoms with E-state index in [9.17, 15) is 0 Å². The molecule has 0 amide bonds. The van der Waals surface area contributed by atoms with Crippen LogP contribution in [0.4, 0.5) is 5.69 Å². The van der Waals surface area contributed by atoms with Gasteiger partial charge in [0.15, 0.2) is 6.61 Å². The Morgan fingerprint density at radius 1 is 0.912 bits per heavy atom. The number of hydrogen-bond acceptors (Lipinski definition) is 7. The first-order valence-electron chi connectivity index (χ1n) is 10.8. The van der Waals surface area contributed by atoms with Gasteiger partial charge in [0, 0.05) is 42.8 Å². The SMILES string of the molecule is COc1ccc(-c2nc(COc3ccc4cccc(N5CCN(C)CC5)c4c3)no2)cc1.Cl.Cl. The van der Waals surface area contributed by atoms with E-state index < -0.39 is 0 Å². The van der Waals surface area contributed by atoms with E-state index >= 15 is 0 Å². The third-order valence-corrected chi connectivity index (χ3v) is 5.85. The molecule has 0 N–H and O–H groups in total. The van der Waals surface area contributed by atoms with Crippen LogP contribution in [-0.2, 0) is 6.61 Å². The number of fused-ring (bicyclic) bond motifs is 1. The molecule has 3 aromatic carbocycles. The maximum atomic E-state index is 6.01. The van der Waals surface area contributed by atoms with Gasteiger partial charge in [-0.25, -0.2) is 0 Å². The van der Waals surface area contributed by atoms with Crippen LogP contribution in [0.25, 0.3) is 22.2 Å². The van der Waals surface area contributed by atoms with Crippen molar-refractivity contribution in [1.82, 2.24) is 15.0 Å². The van der Waals surface area contributed by atoms with Gasteiger partial charge < -0.3 is 23.8 Å². The second kappa shape index (κ2) is 11.4. The number of benzene rings is 3. The monoisotopic (exact) mass is 502 g/mol. The number of piperazine rings is 1. The van der Waals surface area contributed by atoms with Gasteiger partial charge in [0.1, 0.15) is 11.5 Å². The van der Waals surface area contributed by atoms with E-state index in [4.69, 9.17) is 14.0 Å². The summed E-state index contributed by atoms with van der Waals surface area (Å²) in [5.41, 5.74) is 2.09. The van der Waals surface area contributed by atoms with E-state index in [1.807, 2.05) is 30.3 Å². The number of nitrogens with zero attached hydrogens (tertiary/aromatic N) is 4. The molecule has 9 heteroatoms. The summed E-state index contributed by atoms with van der Waals surface area (Å²) in [5.74, 6) is 2.53. The fourth-order valence-corrected chi connectivity index (χ4v) is 3.96. The summed E-state index contributed by atoms with van der Waals surface area (Å²) < 4.78 is 16.6. The van der Waals surface area contributed by atoms with Gasteiger partial charge >= 0.3 is 0 Å². The maximum Gasteiger partial charge on any atom is 0.258 e. The molecular weight excluding hydrogens is 475 g/mol. The van der Waals surface area contributed by atoms with E-state index in [2.05, 4.69) is 57.3 Å². The van der Waals surface area contributed by atoms with Crippen molar-refractivity contribution in [2.75, 3.05) is 45.2 Å². The summed E-state index contributed by atoms with van der Waals surface area (Å²) in [7, 11) is 3.81. The highest BCUT2D eigenvalue weighted by atomic mass is 35.5. The molecule has 0 spiro atoms. The fraction of sp³-hybridized carbons (Fsp3) is 0.280. The summed E-state index contributed by atoms with van der Waals surface area (Å²) in [4.78, 5) is 9.27. The van der Waals surface area contributed by atoms with Gasteiger partial charge in [-0.15, -0.1) is 24.8 Å². The maximum absolute atomic E-state index is 6.01. The van der Waals surface area contributed by atoms with Gasteiger partial charge in [0.2, 0.25) is 5.82 Å². The smallest absolute Gasteiger partial charge is 0.258 e. The Hall–Kier alpha value is -3.00. The molecule has 7 nitrogen and oxygen atoms in total. The number of ether oxygens (including phenoxy) is 2. The van der Waals surface area contributed by atoms with Crippen molar-refractivity contribution < 1.29 is 14.0 Å². The van der Waals surface area contributed by atoms with Gasteiger partial charge in [0.05, 0.1) is 7.11 Å². The zero-order valence-corrected chi connectivity index (χ0v) is 20.8. The van der Waals surface area contributed by atoms with Crippen LogP contribution >= 0.6 is 24.8 Å². The van der Waals surface area contributed by atoms with E-state index in [1.54, 1.807) is 7.11 Å². The van der Waals surface area contributed by atoms with Crippen LogP contribution in [0.15, 0.2) is 65.2 Å². The predicted octanol–water partition coefficient (Wildman–Crippen LogP) is 5.07. The first kappa shape index (κ1) is 25.6. The number of likely N-dealkylation sites (N-methyl/N-ethyl adjacent to an activating group) is 1. The van der Waals surface area contributed by atoms with Crippen molar-refractivity contribution in [1.29, 1.82) is 0 Å². The van der Waals surface area contributed by atoms with Crippen molar-refractivity contribution >= 4 is 41.3 Å². The lowest BCUT2D eigenvalue weighted by atomic mass is 10.1. The Bertz CT molecular complexity index is 1210. The minimum atomic E-state index is 0. The standard InChI is InChI=1S/C25H26N4O3.2ClH/c1-28-12-14-29(15-13-28)23-5-3-4-18-6-11-21(16-22(18)23)31-17-24-26-25(32-27-24)19-7-9-20(30-2)10-8-19;;/h3-11,16H,12-15,17H2,1-2H3;2*1H. The highest BCUT2D eigenvalue weighted by molar-refractivity contribution is 5.95. The average Bonchev–Trinajstić information content (AvgIpc) is 3.32. The number of rotatable bonds is 6. The molecule has 34 heavy (non-hydrogen) atoms. The third-order valence-electron chi connectivity index (χ3n) is 5.85. The molecule has 0 atom stereocenters. The lowest BCUT2D eigenvalue weighted by molar-refractivity contribution is 0.287. The average molecular weight is 503 g/mol. The molecular formula is C25H28Cl2N4O3. The molecule has 4 aromatic rings. The van der Waals surface area contributed by atoms with Crippen molar-refractivity contribution in [2.45, 2.75) is 6.61 Å². The van der Waals surface area contributed by atoms with Gasteiger partial charge in [0.25, 0.3) is 5.89 Å². The highest BCUT2D eigenvalue weighted by Gasteiger charge is 2.17. The first-order chi connectivity index (χ1) is 15.7. The van der Waals surface area contributed by atoms with Crippen LogP contribution in [0.3, 0.4) is 0 Å². The van der Waals surface area contributed by atoms with E-state index in [1.165, 1.54) is 16.5 Å². The summed E-state index contributed by atoms with van der Waals surface area (Å²) in [6.45, 7) is 4.43. The molecule has 180 valence electrons. The summed E-state index contributed by atoms with van der Waals surface area (Å²) in [6, 6.07) is 20.1. The van der Waals surface area contributed by atoms with Crippen molar-refractivity contribution in [2.24, 2.45) is 0 Å². The lowest BCUT2D eigenvalue weighted by Gasteiger charge is -2.34. The van der Waals surface area contributed by atoms with Crippen molar-refractivity contribution in [3.8, 4) is 23.0 Å². The Morgan fingerprint density at radius 3 is 2.38 bits per heavy atom. The van der Waals surface area contributed by atoms with Gasteiger partial charge in [-0.2, -0.15) is 4.98 Å². The molecule has 0 bridgehead atoms. The molecule has 1 aromatic heterocycles. The Kier molecular flexibility index (Phi) is 8.61. The molecule has 0 unspecified atom stereocenters. The van der Waals surface area contributed by atoms with Gasteiger partial charge in [-0.3, -0.25) is 0 Å². The topological polar surface area (TPSA) is 63.9 Å². The normalized spacial score (nSPS) is 13.8. The fourth-order valence-electron chi connectivity index (χ4n) is 3.96. The van der Waals surface area contributed by atoms with Crippen molar-refractivity contribution in [3.05, 3.63) is 66.5 Å². The lowest BCUT2D eigenvalue weighted by Crippen LogP contribution is -2.44. The third kappa shape index (κ3) is 5.55. The number of aromatic nitrogens is 2. The minimum absolute atomic E-state index is 0. The summed E-state index contributed by atoms with van der Waals surface area (Å²) in [6.07, 6.45) is 0. The van der Waals surface area contributed by atoms with Crippen LogP contribution < -0.4 is 14.4 Å². The summed E-state index contributed by atoms with van der Waals surface area (Å²) in [5, 5.41) is 6.46. The molecule has 5 rings (SSSR count). The second-order valence-corrected chi connectivity index (χ2v) is 7.98. The van der Waals surface area contributed by atoms with E-state index in [0.717, 1.165) is 43.2 Å². The minimum Gasteiger partial charge on any atom is -0.497 e. The van der Waals surface area contributed by atoms with Crippen molar-refractivity contribution in [3.63, 3.8) is 0 Å². The summed E-state index contributed by atoms with van der Waals surface area (Å²) >= 11 is 0. The zero-order chi connectivity index (χ0) is 21.9. The Morgan fingerprint density at radius 2 is 1.65 bits per heavy atom. The number of methoxy groups -OCH3 is 1. The predicted molar refractivity (Wildman–Crippen MR) is 139 cm³/mol. The van der Waals surface area contributed by atoms with Gasteiger partial charge in [-0.05, 0) is 54.9 Å². The molecule has 2 heterocycles. The molecule has 0 saturated carbocycles. The molecule has 1 aliphatic heterocycles. The Balaban J connectivity index is 0.00000162. The second-order valence-electron chi connectivity index (χ2n) is 7.98. The Labute approximate surface area is 211 Å². The van der Waals surface area contributed by atoms with E-state index in [0.29, 0.717) is 11.7 Å². The van der Waals surface area contributed by atoms with Crippen LogP contribution in [0.2, 0.25) is 0 Å². The molecule has 1 aliphatic rings. The molecule has 0 radical (unpaired) electrons. The van der Waals surface area contributed by atoms with Crippen LogP contribution in [0.5, 0.6) is 11.5 Å². The molecule has 1 fully saturated rings. The van der Waals surface area contributed by atoms with E-state index in [-0.39, 0.29) is 31.4 Å². The molecule has 0 aliphatic carbocycles. The largest absolute Gasteiger partial charge is 0.497 e. The quantitative estimate of drug-likeness (QED) is 0.364. The zero-order valence-electron chi connectivity index (χ0n) is 19.1. The number of halogens is 2. The first-order valence-corrected chi connectivity index (χ1v) is 10.8. The number of anilines is 1.